The van der Waals surface area contributed by atoms with Gasteiger partial charge in [0.15, 0.2) is 0 Å². The van der Waals surface area contributed by atoms with Crippen molar-refractivity contribution in [2.45, 2.75) is 6.92 Å². The Bertz CT molecular complexity index is 620. The van der Waals surface area contributed by atoms with E-state index < -0.39 is 0 Å². The molecule has 1 heterocycles. The van der Waals surface area contributed by atoms with Gasteiger partial charge < -0.3 is 11.1 Å². The lowest BCUT2D eigenvalue weighted by Crippen LogP contribution is -2.27. The van der Waals surface area contributed by atoms with Gasteiger partial charge in [-0.05, 0) is 24.6 Å². The van der Waals surface area contributed by atoms with Gasteiger partial charge in [0.1, 0.15) is 0 Å². The highest BCUT2D eigenvalue weighted by Crippen LogP contribution is 2.16. The van der Waals surface area contributed by atoms with Crippen molar-refractivity contribution >= 4 is 22.9 Å². The zero-order chi connectivity index (χ0) is 13.7. The molecule has 4 nitrogen and oxygen atoms in total. The number of fused-ring (bicyclic) bond motifs is 1. The number of nitrogens with two attached hydrogens (primary N) is 1. The summed E-state index contributed by atoms with van der Waals surface area (Å²) in [5.74, 6) is -0.155. The molecule has 19 heavy (non-hydrogen) atoms. The molecule has 0 spiro atoms. The minimum absolute atomic E-state index is 0.155. The van der Waals surface area contributed by atoms with Crippen molar-refractivity contribution in [2.75, 3.05) is 13.1 Å². The maximum absolute atomic E-state index is 11.4. The van der Waals surface area contributed by atoms with E-state index in [9.17, 15) is 4.79 Å². The number of amides is 1. The van der Waals surface area contributed by atoms with Crippen LogP contribution in [-0.4, -0.2) is 24.0 Å². The summed E-state index contributed by atoms with van der Waals surface area (Å²) in [5, 5.41) is 3.77. The Morgan fingerprint density at radius 1 is 1.37 bits per heavy atom. The molecule has 2 rings (SSSR count). The average molecular weight is 255 g/mol. The van der Waals surface area contributed by atoms with Crippen LogP contribution in [0.3, 0.4) is 0 Å². The number of carbonyl (C=O) groups is 1. The monoisotopic (exact) mass is 255 g/mol. The first-order valence-electron chi connectivity index (χ1n) is 6.23. The molecule has 0 atom stereocenters. The maximum atomic E-state index is 11.4. The Hall–Kier alpha value is -2.20. The van der Waals surface area contributed by atoms with Gasteiger partial charge in [-0.25, -0.2) is 4.98 Å². The van der Waals surface area contributed by atoms with Crippen LogP contribution < -0.4 is 11.1 Å². The molecule has 0 aliphatic carbocycles. The molecule has 0 aliphatic rings. The summed E-state index contributed by atoms with van der Waals surface area (Å²) in [6.45, 7) is 2.94. The number of nitrogens with zero attached hydrogens (tertiary/aromatic N) is 1. The first-order chi connectivity index (χ1) is 9.20. The van der Waals surface area contributed by atoms with Crippen LogP contribution >= 0.6 is 0 Å². The predicted molar refractivity (Wildman–Crippen MR) is 77.6 cm³/mol. The molecule has 0 aliphatic heterocycles. The molecular weight excluding hydrogens is 238 g/mol. The molecule has 0 saturated carbocycles. The Morgan fingerprint density at radius 3 is 3.00 bits per heavy atom. The van der Waals surface area contributed by atoms with Gasteiger partial charge in [-0.1, -0.05) is 24.3 Å². The van der Waals surface area contributed by atoms with Gasteiger partial charge in [0.25, 0.3) is 0 Å². The van der Waals surface area contributed by atoms with Crippen LogP contribution in [0, 0.1) is 6.92 Å². The second kappa shape index (κ2) is 6.11. The average Bonchev–Trinajstić information content (AvgIpc) is 2.43. The van der Waals surface area contributed by atoms with E-state index >= 15 is 0 Å². The van der Waals surface area contributed by atoms with Gasteiger partial charge in [-0.2, -0.15) is 0 Å². The maximum Gasteiger partial charge on any atom is 0.244 e. The van der Waals surface area contributed by atoms with Crippen LogP contribution in [0.4, 0.5) is 0 Å². The Balaban J connectivity index is 2.19. The van der Waals surface area contributed by atoms with Crippen LogP contribution in [0.1, 0.15) is 11.3 Å². The Labute approximate surface area is 112 Å². The van der Waals surface area contributed by atoms with Gasteiger partial charge in [-0.3, -0.25) is 4.79 Å². The number of benzene rings is 1. The smallest absolute Gasteiger partial charge is 0.244 e. The van der Waals surface area contributed by atoms with Crippen LogP contribution in [0.15, 0.2) is 36.4 Å². The summed E-state index contributed by atoms with van der Waals surface area (Å²) in [6.07, 6.45) is 3.18. The molecule has 2 aromatic rings. The number of pyridine rings is 1. The zero-order valence-corrected chi connectivity index (χ0v) is 10.9. The molecular formula is C15H17N3O. The minimum Gasteiger partial charge on any atom is -0.351 e. The molecule has 98 valence electrons. The van der Waals surface area contributed by atoms with Crippen LogP contribution in [0.5, 0.6) is 0 Å². The van der Waals surface area contributed by atoms with Crippen molar-refractivity contribution in [3.05, 3.63) is 47.7 Å². The fourth-order valence-electron chi connectivity index (χ4n) is 1.82. The summed E-state index contributed by atoms with van der Waals surface area (Å²) in [5.41, 5.74) is 8.17. The molecule has 1 aromatic heterocycles. The van der Waals surface area contributed by atoms with Crippen LogP contribution in [-0.2, 0) is 4.79 Å². The quantitative estimate of drug-likeness (QED) is 0.816. The minimum atomic E-state index is -0.155. The first kappa shape index (κ1) is 13.2. The van der Waals surface area contributed by atoms with E-state index in [0.29, 0.717) is 13.1 Å². The number of aromatic nitrogens is 1. The molecule has 0 bridgehead atoms. The third-order valence-corrected chi connectivity index (χ3v) is 2.79. The predicted octanol–water partition coefficient (Wildman–Crippen LogP) is 1.63. The number of hydrogen-bond donors (Lipinski definition) is 2. The fraction of sp³-hybridized carbons (Fsp3) is 0.200. The lowest BCUT2D eigenvalue weighted by Gasteiger charge is -2.02. The molecule has 1 amide bonds. The SMILES string of the molecule is Cc1cccc2ccc(/C=C/C(=O)NCCN)nc12. The highest BCUT2D eigenvalue weighted by molar-refractivity contribution is 5.92. The third-order valence-electron chi connectivity index (χ3n) is 2.79. The van der Waals surface area contributed by atoms with E-state index in [0.717, 1.165) is 22.2 Å². The van der Waals surface area contributed by atoms with Crippen molar-refractivity contribution in [1.29, 1.82) is 0 Å². The summed E-state index contributed by atoms with van der Waals surface area (Å²) in [4.78, 5) is 16.0. The molecule has 0 radical (unpaired) electrons. The number of para-hydroxylation sites is 1. The standard InChI is InChI=1S/C15H17N3O/c1-11-3-2-4-12-5-6-13(18-15(11)12)7-8-14(19)17-10-9-16/h2-8H,9-10,16H2,1H3,(H,17,19)/b8-7+. The number of carbonyl (C=O) groups excluding carboxylic acids is 1. The van der Waals surface area contributed by atoms with E-state index in [-0.39, 0.29) is 5.91 Å². The fourth-order valence-corrected chi connectivity index (χ4v) is 1.82. The normalized spacial score (nSPS) is 11.1. The first-order valence-corrected chi connectivity index (χ1v) is 6.23. The van der Waals surface area contributed by atoms with E-state index in [1.54, 1.807) is 6.08 Å². The molecule has 0 saturated heterocycles. The Kier molecular flexibility index (Phi) is 4.26. The van der Waals surface area contributed by atoms with Gasteiger partial charge in [-0.15, -0.1) is 0 Å². The number of nitrogens with one attached hydrogen (secondary N) is 1. The van der Waals surface area contributed by atoms with Crippen molar-refractivity contribution in [1.82, 2.24) is 10.3 Å². The van der Waals surface area contributed by atoms with E-state index in [1.165, 1.54) is 6.08 Å². The van der Waals surface area contributed by atoms with Crippen molar-refractivity contribution < 1.29 is 4.79 Å². The van der Waals surface area contributed by atoms with E-state index in [4.69, 9.17) is 5.73 Å². The van der Waals surface area contributed by atoms with Gasteiger partial charge in [0.05, 0.1) is 11.2 Å². The topological polar surface area (TPSA) is 68.0 Å². The second-order valence-corrected chi connectivity index (χ2v) is 4.30. The van der Waals surface area contributed by atoms with Gasteiger partial charge in [0, 0.05) is 24.6 Å². The Morgan fingerprint density at radius 2 is 2.21 bits per heavy atom. The van der Waals surface area contributed by atoms with Crippen molar-refractivity contribution in [2.24, 2.45) is 5.73 Å². The molecule has 0 unspecified atom stereocenters. The third kappa shape index (κ3) is 3.39. The summed E-state index contributed by atoms with van der Waals surface area (Å²) in [7, 11) is 0. The number of rotatable bonds is 4. The van der Waals surface area contributed by atoms with Gasteiger partial charge in [0.2, 0.25) is 5.91 Å². The van der Waals surface area contributed by atoms with E-state index in [1.807, 2.05) is 37.3 Å². The summed E-state index contributed by atoms with van der Waals surface area (Å²) < 4.78 is 0. The van der Waals surface area contributed by atoms with Crippen molar-refractivity contribution in [3.8, 4) is 0 Å². The van der Waals surface area contributed by atoms with Crippen molar-refractivity contribution in [3.63, 3.8) is 0 Å². The highest BCUT2D eigenvalue weighted by Gasteiger charge is 1.99. The van der Waals surface area contributed by atoms with Crippen LogP contribution in [0.2, 0.25) is 0 Å². The molecule has 0 fully saturated rings. The zero-order valence-electron chi connectivity index (χ0n) is 10.9. The summed E-state index contributed by atoms with van der Waals surface area (Å²) in [6, 6.07) is 9.96. The molecule has 1 aromatic carbocycles. The molecule has 3 N–H and O–H groups in total. The largest absolute Gasteiger partial charge is 0.351 e. The van der Waals surface area contributed by atoms with Gasteiger partial charge >= 0.3 is 0 Å². The second-order valence-electron chi connectivity index (χ2n) is 4.30. The number of hydrogen-bond acceptors (Lipinski definition) is 3. The van der Waals surface area contributed by atoms with Crippen LogP contribution in [0.25, 0.3) is 17.0 Å². The number of aryl methyl sites for hydroxylation is 1. The lowest BCUT2D eigenvalue weighted by atomic mass is 10.1. The summed E-state index contributed by atoms with van der Waals surface area (Å²) >= 11 is 0. The molecule has 4 heteroatoms. The highest BCUT2D eigenvalue weighted by atomic mass is 16.1. The van der Waals surface area contributed by atoms with E-state index in [2.05, 4.69) is 10.3 Å². The lowest BCUT2D eigenvalue weighted by molar-refractivity contribution is -0.116.